The first kappa shape index (κ1) is 16.5. The van der Waals surface area contributed by atoms with E-state index in [1.54, 1.807) is 6.92 Å². The summed E-state index contributed by atoms with van der Waals surface area (Å²) in [5, 5.41) is 4.75. The minimum atomic E-state index is -0.552. The molecule has 1 aromatic carbocycles. The standard InChI is InChI=1S/C19H20N4O3/c1-3-25-19(24)16-20-17(15-12(2)22-26-18(15)21-16)23-10-9-14(11-23)13-7-5-4-6-8-13/h4-8,14H,3,9-11H2,1-2H3/t14-/m0/s1. The number of fused-ring (bicyclic) bond motifs is 1. The van der Waals surface area contributed by atoms with Gasteiger partial charge in [-0.05, 0) is 25.8 Å². The summed E-state index contributed by atoms with van der Waals surface area (Å²) in [6.45, 7) is 5.54. The zero-order valence-corrected chi connectivity index (χ0v) is 14.8. The van der Waals surface area contributed by atoms with Crippen molar-refractivity contribution >= 4 is 22.9 Å². The van der Waals surface area contributed by atoms with Crippen molar-refractivity contribution in [2.24, 2.45) is 0 Å². The Morgan fingerprint density at radius 2 is 2.12 bits per heavy atom. The second-order valence-electron chi connectivity index (χ2n) is 6.38. The van der Waals surface area contributed by atoms with Crippen molar-refractivity contribution in [3.05, 3.63) is 47.4 Å². The molecule has 2 aromatic heterocycles. The van der Waals surface area contributed by atoms with E-state index in [2.05, 4.69) is 44.3 Å². The molecule has 0 unspecified atom stereocenters. The predicted molar refractivity (Wildman–Crippen MR) is 96.3 cm³/mol. The molecule has 0 aliphatic carbocycles. The Hall–Kier alpha value is -2.96. The molecule has 26 heavy (non-hydrogen) atoms. The van der Waals surface area contributed by atoms with Gasteiger partial charge < -0.3 is 14.2 Å². The highest BCUT2D eigenvalue weighted by Crippen LogP contribution is 2.34. The van der Waals surface area contributed by atoms with E-state index in [-0.39, 0.29) is 12.4 Å². The third-order valence-corrected chi connectivity index (χ3v) is 4.70. The Balaban J connectivity index is 1.71. The maximum atomic E-state index is 12.1. The lowest BCUT2D eigenvalue weighted by atomic mass is 9.99. The number of aromatic nitrogens is 3. The number of nitrogens with zero attached hydrogens (tertiary/aromatic N) is 4. The fraction of sp³-hybridized carbons (Fsp3) is 0.368. The molecule has 3 heterocycles. The van der Waals surface area contributed by atoms with Gasteiger partial charge in [-0.15, -0.1) is 0 Å². The molecule has 0 N–H and O–H groups in total. The van der Waals surface area contributed by atoms with Crippen molar-refractivity contribution in [2.75, 3.05) is 24.6 Å². The van der Waals surface area contributed by atoms with Crippen LogP contribution in [0.15, 0.2) is 34.9 Å². The van der Waals surface area contributed by atoms with Crippen LogP contribution in [0.5, 0.6) is 0 Å². The highest BCUT2D eigenvalue weighted by Gasteiger charge is 2.29. The SMILES string of the molecule is CCOC(=O)c1nc(N2CC[C@H](c3ccccc3)C2)c2c(C)noc2n1. The number of hydrogen-bond acceptors (Lipinski definition) is 7. The summed E-state index contributed by atoms with van der Waals surface area (Å²) in [5.41, 5.74) is 2.35. The van der Waals surface area contributed by atoms with E-state index >= 15 is 0 Å². The van der Waals surface area contributed by atoms with E-state index in [1.165, 1.54) is 5.56 Å². The van der Waals surface area contributed by atoms with Gasteiger partial charge in [-0.3, -0.25) is 0 Å². The maximum Gasteiger partial charge on any atom is 0.376 e. The lowest BCUT2D eigenvalue weighted by Gasteiger charge is -2.19. The molecule has 1 saturated heterocycles. The highest BCUT2D eigenvalue weighted by molar-refractivity contribution is 5.93. The Morgan fingerprint density at radius 1 is 1.31 bits per heavy atom. The largest absolute Gasteiger partial charge is 0.460 e. The number of benzene rings is 1. The van der Waals surface area contributed by atoms with Gasteiger partial charge in [0.2, 0.25) is 5.82 Å². The van der Waals surface area contributed by atoms with Gasteiger partial charge in [0.1, 0.15) is 11.2 Å². The van der Waals surface area contributed by atoms with Crippen LogP contribution in [-0.2, 0) is 4.74 Å². The third kappa shape index (κ3) is 2.89. The fourth-order valence-corrected chi connectivity index (χ4v) is 3.43. The zero-order valence-electron chi connectivity index (χ0n) is 14.8. The molecular formula is C19H20N4O3. The van der Waals surface area contributed by atoms with E-state index in [4.69, 9.17) is 9.26 Å². The van der Waals surface area contributed by atoms with Gasteiger partial charge in [0.05, 0.1) is 12.3 Å². The van der Waals surface area contributed by atoms with Gasteiger partial charge in [0, 0.05) is 19.0 Å². The van der Waals surface area contributed by atoms with Gasteiger partial charge in [-0.2, -0.15) is 4.98 Å². The summed E-state index contributed by atoms with van der Waals surface area (Å²) in [7, 11) is 0. The minimum Gasteiger partial charge on any atom is -0.460 e. The predicted octanol–water partition coefficient (Wildman–Crippen LogP) is 3.10. The molecule has 1 atom stereocenters. The molecule has 1 fully saturated rings. The molecule has 3 aromatic rings. The average molecular weight is 352 g/mol. The molecule has 0 saturated carbocycles. The molecule has 0 radical (unpaired) electrons. The highest BCUT2D eigenvalue weighted by atomic mass is 16.5. The second-order valence-corrected chi connectivity index (χ2v) is 6.38. The van der Waals surface area contributed by atoms with Crippen LogP contribution in [0.25, 0.3) is 11.1 Å². The number of carbonyl (C=O) groups is 1. The van der Waals surface area contributed by atoms with Crippen molar-refractivity contribution in [1.82, 2.24) is 15.1 Å². The zero-order chi connectivity index (χ0) is 18.1. The quantitative estimate of drug-likeness (QED) is 0.667. The number of carbonyl (C=O) groups excluding carboxylic acids is 1. The number of esters is 1. The summed E-state index contributed by atoms with van der Waals surface area (Å²) in [6.07, 6.45) is 1.02. The topological polar surface area (TPSA) is 81.4 Å². The summed E-state index contributed by atoms with van der Waals surface area (Å²) >= 11 is 0. The summed E-state index contributed by atoms with van der Waals surface area (Å²) in [4.78, 5) is 23.0. The van der Waals surface area contributed by atoms with Crippen LogP contribution in [-0.4, -0.2) is 40.8 Å². The number of rotatable bonds is 4. The molecule has 4 rings (SSSR count). The van der Waals surface area contributed by atoms with Crippen molar-refractivity contribution in [2.45, 2.75) is 26.2 Å². The van der Waals surface area contributed by atoms with Crippen molar-refractivity contribution < 1.29 is 14.1 Å². The van der Waals surface area contributed by atoms with Crippen LogP contribution in [0.3, 0.4) is 0 Å². The average Bonchev–Trinajstić information content (AvgIpc) is 3.30. The van der Waals surface area contributed by atoms with Gasteiger partial charge in [0.25, 0.3) is 5.71 Å². The molecular weight excluding hydrogens is 332 g/mol. The summed E-state index contributed by atoms with van der Waals surface area (Å²) in [5.74, 6) is 0.569. The molecule has 0 amide bonds. The van der Waals surface area contributed by atoms with Crippen molar-refractivity contribution in [3.8, 4) is 0 Å². The van der Waals surface area contributed by atoms with E-state index in [0.29, 0.717) is 23.1 Å². The van der Waals surface area contributed by atoms with E-state index in [0.717, 1.165) is 24.9 Å². The first-order chi connectivity index (χ1) is 12.7. The van der Waals surface area contributed by atoms with Crippen LogP contribution in [0.1, 0.15) is 41.1 Å². The number of aryl methyl sites for hydroxylation is 1. The lowest BCUT2D eigenvalue weighted by Crippen LogP contribution is -2.22. The molecule has 0 bridgehead atoms. The Kier molecular flexibility index (Phi) is 4.28. The Morgan fingerprint density at radius 3 is 2.88 bits per heavy atom. The van der Waals surface area contributed by atoms with Gasteiger partial charge in [0.15, 0.2) is 0 Å². The monoisotopic (exact) mass is 352 g/mol. The number of hydrogen-bond donors (Lipinski definition) is 0. The Bertz CT molecular complexity index is 939. The van der Waals surface area contributed by atoms with Crippen LogP contribution in [0, 0.1) is 6.92 Å². The van der Waals surface area contributed by atoms with Crippen LogP contribution >= 0.6 is 0 Å². The summed E-state index contributed by atoms with van der Waals surface area (Å²) < 4.78 is 10.3. The van der Waals surface area contributed by atoms with E-state index in [9.17, 15) is 4.79 Å². The lowest BCUT2D eigenvalue weighted by molar-refractivity contribution is 0.0512. The van der Waals surface area contributed by atoms with Gasteiger partial charge >= 0.3 is 5.97 Å². The van der Waals surface area contributed by atoms with E-state index in [1.807, 2.05) is 13.0 Å². The third-order valence-electron chi connectivity index (χ3n) is 4.70. The first-order valence-electron chi connectivity index (χ1n) is 8.78. The van der Waals surface area contributed by atoms with E-state index < -0.39 is 5.97 Å². The maximum absolute atomic E-state index is 12.1. The molecule has 1 aliphatic rings. The van der Waals surface area contributed by atoms with Crippen molar-refractivity contribution in [1.29, 1.82) is 0 Å². The van der Waals surface area contributed by atoms with Crippen LogP contribution < -0.4 is 4.90 Å². The van der Waals surface area contributed by atoms with Crippen LogP contribution in [0.2, 0.25) is 0 Å². The normalized spacial score (nSPS) is 17.0. The minimum absolute atomic E-state index is 0.00802. The first-order valence-corrected chi connectivity index (χ1v) is 8.78. The second kappa shape index (κ2) is 6.74. The van der Waals surface area contributed by atoms with Crippen LogP contribution in [0.4, 0.5) is 5.82 Å². The van der Waals surface area contributed by atoms with Crippen molar-refractivity contribution in [3.63, 3.8) is 0 Å². The summed E-state index contributed by atoms with van der Waals surface area (Å²) in [6, 6.07) is 10.4. The molecule has 0 spiro atoms. The Labute approximate surface area is 151 Å². The molecule has 7 heteroatoms. The molecule has 1 aliphatic heterocycles. The van der Waals surface area contributed by atoms with Gasteiger partial charge in [-0.25, -0.2) is 9.78 Å². The van der Waals surface area contributed by atoms with Gasteiger partial charge in [-0.1, -0.05) is 35.5 Å². The fourth-order valence-electron chi connectivity index (χ4n) is 3.43. The molecule has 7 nitrogen and oxygen atoms in total. The number of anilines is 1. The number of ether oxygens (including phenoxy) is 1. The molecule has 134 valence electrons. The smallest absolute Gasteiger partial charge is 0.376 e.